The zero-order valence-electron chi connectivity index (χ0n) is 11.0. The fourth-order valence-electron chi connectivity index (χ4n) is 1.96. The fraction of sp³-hybridized carbons (Fsp3) is 0.267. The molecule has 0 fully saturated rings. The van der Waals surface area contributed by atoms with Crippen molar-refractivity contribution in [2.75, 3.05) is 6.54 Å². The number of rotatable bonds is 5. The summed E-state index contributed by atoms with van der Waals surface area (Å²) in [5.74, 6) is -0.717. The van der Waals surface area contributed by atoms with Crippen LogP contribution in [0.2, 0.25) is 0 Å². The molecule has 20 heavy (non-hydrogen) atoms. The van der Waals surface area contributed by atoms with Crippen molar-refractivity contribution in [2.24, 2.45) is 0 Å². The van der Waals surface area contributed by atoms with Gasteiger partial charge in [0, 0.05) is 10.0 Å². The minimum Gasteiger partial charge on any atom is -0.305 e. The zero-order valence-corrected chi connectivity index (χ0v) is 12.6. The van der Waals surface area contributed by atoms with E-state index in [1.807, 2.05) is 6.92 Å². The highest BCUT2D eigenvalue weighted by Crippen LogP contribution is 2.26. The van der Waals surface area contributed by atoms with Crippen LogP contribution in [0.1, 0.15) is 30.6 Å². The monoisotopic (exact) mass is 340 g/mol. The first kappa shape index (κ1) is 15.1. The van der Waals surface area contributed by atoms with Gasteiger partial charge in [0.25, 0.3) is 0 Å². The number of hydrogen-bond donors (Lipinski definition) is 1. The van der Waals surface area contributed by atoms with Crippen molar-refractivity contribution in [3.05, 3.63) is 63.9 Å². The normalized spacial score (nSPS) is 12.4. The summed E-state index contributed by atoms with van der Waals surface area (Å²) in [5, 5.41) is 3.24. The first-order valence-electron chi connectivity index (χ1n) is 6.41. The molecule has 2 rings (SSSR count). The SMILES string of the molecule is CCCNC(c1ccc(F)cn1)c1cc(Br)ccc1F. The molecule has 5 heteroatoms. The van der Waals surface area contributed by atoms with E-state index in [1.54, 1.807) is 18.2 Å². The topological polar surface area (TPSA) is 24.9 Å². The fourth-order valence-corrected chi connectivity index (χ4v) is 2.34. The van der Waals surface area contributed by atoms with Crippen LogP contribution in [-0.2, 0) is 0 Å². The van der Waals surface area contributed by atoms with Crippen molar-refractivity contribution < 1.29 is 8.78 Å². The van der Waals surface area contributed by atoms with Crippen molar-refractivity contribution in [3.8, 4) is 0 Å². The Morgan fingerprint density at radius 1 is 1.25 bits per heavy atom. The summed E-state index contributed by atoms with van der Waals surface area (Å²) in [5.41, 5.74) is 1.09. The molecule has 0 bridgehead atoms. The lowest BCUT2D eigenvalue weighted by Crippen LogP contribution is -2.25. The van der Waals surface area contributed by atoms with Gasteiger partial charge in [-0.2, -0.15) is 0 Å². The third-order valence-corrected chi connectivity index (χ3v) is 3.41. The van der Waals surface area contributed by atoms with Crippen molar-refractivity contribution in [2.45, 2.75) is 19.4 Å². The van der Waals surface area contributed by atoms with E-state index in [0.717, 1.165) is 23.6 Å². The number of nitrogens with one attached hydrogen (secondary N) is 1. The molecule has 1 aromatic heterocycles. The van der Waals surface area contributed by atoms with E-state index in [0.29, 0.717) is 11.3 Å². The average molecular weight is 341 g/mol. The van der Waals surface area contributed by atoms with Crippen molar-refractivity contribution in [3.63, 3.8) is 0 Å². The average Bonchev–Trinajstić information content (AvgIpc) is 2.44. The number of benzene rings is 1. The maximum Gasteiger partial charge on any atom is 0.141 e. The van der Waals surface area contributed by atoms with E-state index in [-0.39, 0.29) is 5.82 Å². The van der Waals surface area contributed by atoms with Gasteiger partial charge in [0.1, 0.15) is 11.6 Å². The van der Waals surface area contributed by atoms with E-state index >= 15 is 0 Å². The lowest BCUT2D eigenvalue weighted by molar-refractivity contribution is 0.536. The highest BCUT2D eigenvalue weighted by Gasteiger charge is 2.19. The van der Waals surface area contributed by atoms with E-state index in [1.165, 1.54) is 12.1 Å². The Bertz CT molecular complexity index is 573. The molecule has 0 aliphatic rings. The van der Waals surface area contributed by atoms with Crippen molar-refractivity contribution in [1.29, 1.82) is 0 Å². The highest BCUT2D eigenvalue weighted by atomic mass is 79.9. The Morgan fingerprint density at radius 2 is 2.05 bits per heavy atom. The standard InChI is InChI=1S/C15H15BrF2N2/c1-2-7-19-15(14-6-4-11(17)9-20-14)12-8-10(16)3-5-13(12)18/h3-6,8-9,15,19H,2,7H2,1H3. The molecule has 0 amide bonds. The quantitative estimate of drug-likeness (QED) is 0.881. The third-order valence-electron chi connectivity index (χ3n) is 2.91. The predicted octanol–water partition coefficient (Wildman–Crippen LogP) is 4.21. The third kappa shape index (κ3) is 3.61. The number of pyridine rings is 1. The summed E-state index contributed by atoms with van der Waals surface area (Å²) < 4.78 is 27.8. The lowest BCUT2D eigenvalue weighted by Gasteiger charge is -2.19. The zero-order chi connectivity index (χ0) is 14.5. The first-order valence-corrected chi connectivity index (χ1v) is 7.21. The molecule has 106 valence electrons. The minimum absolute atomic E-state index is 0.312. The van der Waals surface area contributed by atoms with E-state index in [9.17, 15) is 8.78 Å². The van der Waals surface area contributed by atoms with Gasteiger partial charge >= 0.3 is 0 Å². The molecule has 1 unspecified atom stereocenters. The molecule has 0 radical (unpaired) electrons. The van der Waals surface area contributed by atoms with Crippen LogP contribution in [0.4, 0.5) is 8.78 Å². The second-order valence-corrected chi connectivity index (χ2v) is 5.37. The van der Waals surface area contributed by atoms with E-state index in [2.05, 4.69) is 26.2 Å². The van der Waals surface area contributed by atoms with E-state index in [4.69, 9.17) is 0 Å². The van der Waals surface area contributed by atoms with Crippen LogP contribution in [0.25, 0.3) is 0 Å². The molecule has 1 N–H and O–H groups in total. The van der Waals surface area contributed by atoms with Gasteiger partial charge in [-0.3, -0.25) is 4.98 Å². The van der Waals surface area contributed by atoms with Gasteiger partial charge < -0.3 is 5.32 Å². The van der Waals surface area contributed by atoms with Gasteiger partial charge in [-0.15, -0.1) is 0 Å². The number of hydrogen-bond acceptors (Lipinski definition) is 2. The van der Waals surface area contributed by atoms with Gasteiger partial charge in [0.05, 0.1) is 17.9 Å². The van der Waals surface area contributed by atoms with Crippen molar-refractivity contribution in [1.82, 2.24) is 10.3 Å². The summed E-state index contributed by atoms with van der Waals surface area (Å²) in [6.07, 6.45) is 2.05. The van der Waals surface area contributed by atoms with Crippen LogP contribution in [0, 0.1) is 11.6 Å². The number of nitrogens with zero attached hydrogens (tertiary/aromatic N) is 1. The minimum atomic E-state index is -0.405. The summed E-state index contributed by atoms with van der Waals surface area (Å²) in [6.45, 7) is 2.75. The largest absolute Gasteiger partial charge is 0.305 e. The molecule has 0 aliphatic carbocycles. The smallest absolute Gasteiger partial charge is 0.141 e. The van der Waals surface area contributed by atoms with Crippen LogP contribution in [0.3, 0.4) is 0 Å². The van der Waals surface area contributed by atoms with Gasteiger partial charge in [-0.05, 0) is 43.3 Å². The summed E-state index contributed by atoms with van der Waals surface area (Å²) >= 11 is 3.34. The van der Waals surface area contributed by atoms with Gasteiger partial charge in [0.2, 0.25) is 0 Å². The molecule has 2 aromatic rings. The predicted molar refractivity (Wildman–Crippen MR) is 78.4 cm³/mol. The molecule has 1 atom stereocenters. The summed E-state index contributed by atoms with van der Waals surface area (Å²) in [4.78, 5) is 4.06. The highest BCUT2D eigenvalue weighted by molar-refractivity contribution is 9.10. The Kier molecular flexibility index (Phi) is 5.20. The van der Waals surface area contributed by atoms with Crippen LogP contribution in [0.15, 0.2) is 41.0 Å². The van der Waals surface area contributed by atoms with Crippen LogP contribution >= 0.6 is 15.9 Å². The second kappa shape index (κ2) is 6.90. The maximum atomic E-state index is 14.0. The maximum absolute atomic E-state index is 14.0. The summed E-state index contributed by atoms with van der Waals surface area (Å²) in [7, 11) is 0. The molecule has 1 heterocycles. The van der Waals surface area contributed by atoms with Gasteiger partial charge in [0.15, 0.2) is 0 Å². The molecule has 0 saturated carbocycles. The Morgan fingerprint density at radius 3 is 2.70 bits per heavy atom. The van der Waals surface area contributed by atoms with Gasteiger partial charge in [-0.1, -0.05) is 22.9 Å². The second-order valence-electron chi connectivity index (χ2n) is 4.45. The first-order chi connectivity index (χ1) is 9.61. The molecule has 0 aliphatic heterocycles. The van der Waals surface area contributed by atoms with Crippen LogP contribution in [0.5, 0.6) is 0 Å². The number of aromatic nitrogens is 1. The van der Waals surface area contributed by atoms with E-state index < -0.39 is 11.9 Å². The molecule has 1 aromatic carbocycles. The lowest BCUT2D eigenvalue weighted by atomic mass is 10.0. The molecule has 2 nitrogen and oxygen atoms in total. The molecule has 0 spiro atoms. The Balaban J connectivity index is 2.41. The number of halogens is 3. The molecular weight excluding hydrogens is 326 g/mol. The van der Waals surface area contributed by atoms with Crippen LogP contribution in [-0.4, -0.2) is 11.5 Å². The van der Waals surface area contributed by atoms with Crippen LogP contribution < -0.4 is 5.32 Å². The molecular formula is C15H15BrF2N2. The van der Waals surface area contributed by atoms with Crippen molar-refractivity contribution >= 4 is 15.9 Å². The summed E-state index contributed by atoms with van der Waals surface area (Å²) in [6, 6.07) is 7.28. The van der Waals surface area contributed by atoms with Gasteiger partial charge in [-0.25, -0.2) is 8.78 Å². The Hall–Kier alpha value is -1.33. The Labute approximate surface area is 125 Å². The molecule has 0 saturated heterocycles.